The lowest BCUT2D eigenvalue weighted by Gasteiger charge is -2.14. The summed E-state index contributed by atoms with van der Waals surface area (Å²) < 4.78 is 18.8. The Hall–Kier alpha value is -2.47. The second-order valence-electron chi connectivity index (χ2n) is 7.28. The van der Waals surface area contributed by atoms with Crippen LogP contribution in [0.15, 0.2) is 44.7 Å². The molecule has 3 rings (SSSR count). The fourth-order valence-electron chi connectivity index (χ4n) is 3.03. The van der Waals surface area contributed by atoms with Crippen LogP contribution < -0.4 is 15.0 Å². The molecule has 3 aromatic rings. The van der Waals surface area contributed by atoms with Gasteiger partial charge in [-0.1, -0.05) is 29.8 Å². The van der Waals surface area contributed by atoms with Crippen LogP contribution in [-0.4, -0.2) is 42.2 Å². The summed E-state index contributed by atoms with van der Waals surface area (Å²) in [5.74, 6) is 0.957. The van der Waals surface area contributed by atoms with Gasteiger partial charge in [-0.2, -0.15) is 9.78 Å². The summed E-state index contributed by atoms with van der Waals surface area (Å²) in [7, 11) is 1.30. The average molecular weight is 628 g/mol. The fraction of sp³-hybridized carbons (Fsp3) is 0.304. The lowest BCUT2D eigenvalue weighted by atomic mass is 10.2. The molecule has 1 aromatic heterocycles. The minimum atomic E-state index is -0.491. The Balaban J connectivity index is 2.05. The van der Waals surface area contributed by atoms with Crippen molar-refractivity contribution in [2.24, 2.45) is 5.10 Å². The van der Waals surface area contributed by atoms with E-state index in [0.717, 1.165) is 8.04 Å². The topological polar surface area (TPSA) is 92.0 Å². The van der Waals surface area contributed by atoms with Crippen LogP contribution in [0, 0.1) is 3.57 Å². The zero-order chi connectivity index (χ0) is 24.1. The molecule has 10 heteroatoms. The van der Waals surface area contributed by atoms with Crippen LogP contribution in [-0.2, 0) is 9.53 Å². The summed E-state index contributed by atoms with van der Waals surface area (Å²) in [6.45, 7) is 5.95. The van der Waals surface area contributed by atoms with Crippen molar-refractivity contribution < 1.29 is 19.0 Å². The molecule has 0 saturated carbocycles. The number of fused-ring (bicyclic) bond motifs is 1. The van der Waals surface area contributed by atoms with E-state index in [9.17, 15) is 9.59 Å². The summed E-state index contributed by atoms with van der Waals surface area (Å²) in [6.07, 6.45) is 1.58. The van der Waals surface area contributed by atoms with Crippen LogP contribution in [0.25, 0.3) is 10.9 Å². The third-order valence-corrected chi connectivity index (χ3v) is 5.86. The first-order chi connectivity index (χ1) is 15.7. The summed E-state index contributed by atoms with van der Waals surface area (Å²) >= 11 is 5.51. The lowest BCUT2D eigenvalue weighted by molar-refractivity contribution is -0.142. The van der Waals surface area contributed by atoms with Crippen molar-refractivity contribution in [2.45, 2.75) is 26.7 Å². The molecule has 0 aliphatic heterocycles. The van der Waals surface area contributed by atoms with Gasteiger partial charge in [-0.25, -0.2) is 9.78 Å². The molecule has 1 heterocycles. The normalized spacial score (nSPS) is 11.4. The van der Waals surface area contributed by atoms with Gasteiger partial charge < -0.3 is 14.2 Å². The van der Waals surface area contributed by atoms with Crippen molar-refractivity contribution in [2.75, 3.05) is 20.3 Å². The number of carbonyl (C=O) groups excluding carboxylic acids is 1. The van der Waals surface area contributed by atoms with Crippen molar-refractivity contribution in [1.82, 2.24) is 9.66 Å². The van der Waals surface area contributed by atoms with Crippen molar-refractivity contribution in [1.29, 1.82) is 0 Å². The first kappa shape index (κ1) is 25.2. The maximum Gasteiger partial charge on any atom is 0.343 e. The number of methoxy groups -OCH3 is 1. The van der Waals surface area contributed by atoms with Gasteiger partial charge in [-0.15, -0.1) is 0 Å². The smallest absolute Gasteiger partial charge is 0.343 e. The molecule has 0 atom stereocenters. The van der Waals surface area contributed by atoms with E-state index in [-0.39, 0.29) is 18.1 Å². The standard InChI is InChI=1S/C23H23BrIN3O5/c1-5-32-19-9-14(8-17(25)21(19)33-12-20(29)31-4)11-26-28-22(13(2)3)27-18-7-6-15(24)10-16(18)23(28)30/h6-11,13H,5,12H2,1-4H3. The molecule has 0 fully saturated rings. The molecule has 0 bridgehead atoms. The highest BCUT2D eigenvalue weighted by molar-refractivity contribution is 14.1. The first-order valence-corrected chi connectivity index (χ1v) is 12.0. The zero-order valence-electron chi connectivity index (χ0n) is 18.6. The van der Waals surface area contributed by atoms with E-state index in [1.165, 1.54) is 11.8 Å². The van der Waals surface area contributed by atoms with E-state index >= 15 is 0 Å². The molecule has 0 spiro atoms. The lowest BCUT2D eigenvalue weighted by Crippen LogP contribution is -2.23. The van der Waals surface area contributed by atoms with Crippen LogP contribution >= 0.6 is 38.5 Å². The summed E-state index contributed by atoms with van der Waals surface area (Å²) in [4.78, 5) is 29.3. The zero-order valence-corrected chi connectivity index (χ0v) is 22.3. The molecule has 8 nitrogen and oxygen atoms in total. The molecule has 0 unspecified atom stereocenters. The van der Waals surface area contributed by atoms with E-state index in [4.69, 9.17) is 9.47 Å². The second-order valence-corrected chi connectivity index (χ2v) is 9.35. The number of ether oxygens (including phenoxy) is 3. The Labute approximate surface area is 213 Å². The molecule has 33 heavy (non-hydrogen) atoms. The SMILES string of the molecule is CCOc1cc(C=Nn2c(C(C)C)nc3ccc(Br)cc3c2=O)cc(I)c1OCC(=O)OC. The molecule has 0 N–H and O–H groups in total. The summed E-state index contributed by atoms with van der Waals surface area (Å²) in [5, 5.41) is 4.94. The molecule has 2 aromatic carbocycles. The Bertz CT molecular complexity index is 1270. The highest BCUT2D eigenvalue weighted by atomic mass is 127. The van der Waals surface area contributed by atoms with Crippen LogP contribution in [0.5, 0.6) is 11.5 Å². The van der Waals surface area contributed by atoms with Gasteiger partial charge in [0.1, 0.15) is 5.82 Å². The third-order valence-electron chi connectivity index (χ3n) is 4.57. The second kappa shape index (κ2) is 11.1. The number of benzene rings is 2. The van der Waals surface area contributed by atoms with Crippen molar-refractivity contribution in [3.63, 3.8) is 0 Å². The first-order valence-electron chi connectivity index (χ1n) is 10.2. The van der Waals surface area contributed by atoms with E-state index in [1.807, 2.05) is 39.0 Å². The maximum absolute atomic E-state index is 13.2. The van der Waals surface area contributed by atoms with Crippen LogP contribution in [0.1, 0.15) is 38.1 Å². The number of rotatable bonds is 8. The molecule has 0 amide bonds. The number of halogens is 2. The Morgan fingerprint density at radius 1 is 1.27 bits per heavy atom. The molecule has 174 valence electrons. The summed E-state index contributed by atoms with van der Waals surface area (Å²) in [5.41, 5.74) is 1.07. The van der Waals surface area contributed by atoms with E-state index in [0.29, 0.717) is 40.4 Å². The number of esters is 1. The predicted octanol–water partition coefficient (Wildman–Crippen LogP) is 4.72. The highest BCUT2D eigenvalue weighted by Crippen LogP contribution is 2.34. The van der Waals surface area contributed by atoms with Crippen molar-refractivity contribution in [3.8, 4) is 11.5 Å². The number of hydrogen-bond acceptors (Lipinski definition) is 7. The van der Waals surface area contributed by atoms with Crippen LogP contribution in [0.2, 0.25) is 0 Å². The fourth-order valence-corrected chi connectivity index (χ4v) is 4.17. The van der Waals surface area contributed by atoms with E-state index in [1.54, 1.807) is 18.3 Å². The van der Waals surface area contributed by atoms with Gasteiger partial charge >= 0.3 is 5.97 Å². The van der Waals surface area contributed by atoms with Crippen molar-refractivity contribution >= 4 is 61.6 Å². The number of hydrogen-bond donors (Lipinski definition) is 0. The van der Waals surface area contributed by atoms with Gasteiger partial charge in [0.05, 0.1) is 34.4 Å². The van der Waals surface area contributed by atoms with Gasteiger partial charge in [0.2, 0.25) is 0 Å². The third kappa shape index (κ3) is 5.91. The van der Waals surface area contributed by atoms with E-state index < -0.39 is 5.97 Å². The molecule has 0 saturated heterocycles. The van der Waals surface area contributed by atoms with Gasteiger partial charge in [0.25, 0.3) is 5.56 Å². The Kier molecular flexibility index (Phi) is 8.46. The van der Waals surface area contributed by atoms with Gasteiger partial charge in [-0.3, -0.25) is 4.79 Å². The van der Waals surface area contributed by atoms with Crippen molar-refractivity contribution in [3.05, 3.63) is 60.1 Å². The largest absolute Gasteiger partial charge is 0.490 e. The minimum Gasteiger partial charge on any atom is -0.490 e. The monoisotopic (exact) mass is 627 g/mol. The van der Waals surface area contributed by atoms with Gasteiger partial charge in [-0.05, 0) is 65.4 Å². The average Bonchev–Trinajstić information content (AvgIpc) is 2.78. The predicted molar refractivity (Wildman–Crippen MR) is 139 cm³/mol. The quantitative estimate of drug-likeness (QED) is 0.204. The molecular weight excluding hydrogens is 605 g/mol. The van der Waals surface area contributed by atoms with Crippen LogP contribution in [0.3, 0.4) is 0 Å². The molecule has 0 radical (unpaired) electrons. The number of aromatic nitrogens is 2. The van der Waals surface area contributed by atoms with Crippen LogP contribution in [0.4, 0.5) is 0 Å². The molecule has 0 aliphatic carbocycles. The Morgan fingerprint density at radius 2 is 2.03 bits per heavy atom. The maximum atomic E-state index is 13.2. The molecule has 0 aliphatic rings. The highest BCUT2D eigenvalue weighted by Gasteiger charge is 2.16. The number of nitrogens with zero attached hydrogens (tertiary/aromatic N) is 3. The minimum absolute atomic E-state index is 0.0175. The molecular formula is C23H23BrIN3O5. The summed E-state index contributed by atoms with van der Waals surface area (Å²) in [6, 6.07) is 8.97. The number of carbonyl (C=O) groups is 1. The van der Waals surface area contributed by atoms with E-state index in [2.05, 4.69) is 53.3 Å². The van der Waals surface area contributed by atoms with Gasteiger partial charge in [0, 0.05) is 10.4 Å². The van der Waals surface area contributed by atoms with Gasteiger partial charge in [0.15, 0.2) is 18.1 Å². The Morgan fingerprint density at radius 3 is 2.70 bits per heavy atom.